The third-order valence-electron chi connectivity index (χ3n) is 3.86. The second-order valence-electron chi connectivity index (χ2n) is 4.89. The summed E-state index contributed by atoms with van der Waals surface area (Å²) in [6.07, 6.45) is 4.11. The van der Waals surface area contributed by atoms with Crippen LogP contribution >= 0.6 is 0 Å². The molecule has 1 saturated carbocycles. The van der Waals surface area contributed by atoms with Gasteiger partial charge in [0.05, 0.1) is 25.7 Å². The number of carbonyl (C=O) groups is 1. The first kappa shape index (κ1) is 15.4. The third-order valence-corrected chi connectivity index (χ3v) is 3.86. The number of methoxy groups -OCH3 is 1. The minimum atomic E-state index is -0.0587. The average molecular weight is 257 g/mol. The van der Waals surface area contributed by atoms with Crippen LogP contribution in [0.5, 0.6) is 0 Å². The lowest BCUT2D eigenvalue weighted by atomic mass is 9.87. The number of ether oxygens (including phenoxy) is 2. The third kappa shape index (κ3) is 4.94. The summed E-state index contributed by atoms with van der Waals surface area (Å²) in [4.78, 5) is 13.7. The van der Waals surface area contributed by atoms with Gasteiger partial charge in [0.1, 0.15) is 0 Å². The molecule has 0 atom stereocenters. The van der Waals surface area contributed by atoms with Gasteiger partial charge < -0.3 is 14.4 Å². The average Bonchev–Trinajstić information content (AvgIpc) is 2.43. The predicted molar refractivity (Wildman–Crippen MR) is 71.5 cm³/mol. The van der Waals surface area contributed by atoms with Crippen molar-refractivity contribution < 1.29 is 14.3 Å². The van der Waals surface area contributed by atoms with Crippen LogP contribution in [0.1, 0.15) is 39.5 Å². The molecule has 1 aliphatic carbocycles. The molecule has 18 heavy (non-hydrogen) atoms. The van der Waals surface area contributed by atoms with Gasteiger partial charge in [0, 0.05) is 6.54 Å². The molecule has 0 aromatic rings. The first-order valence-electron chi connectivity index (χ1n) is 7.13. The molecule has 0 unspecified atom stereocenters. The van der Waals surface area contributed by atoms with Gasteiger partial charge in [-0.1, -0.05) is 13.8 Å². The van der Waals surface area contributed by atoms with E-state index in [0.717, 1.165) is 51.9 Å². The molecule has 0 amide bonds. The number of hydrogen-bond acceptors (Lipinski definition) is 4. The van der Waals surface area contributed by atoms with Crippen LogP contribution < -0.4 is 0 Å². The van der Waals surface area contributed by atoms with Crippen molar-refractivity contribution in [1.29, 1.82) is 0 Å². The number of esters is 1. The standard InChI is InChI=1S/C14H27NO3/c1-4-15(5-2)10-11-18-13-8-6-12(7-9-13)14(16)17-3/h12-13H,4-11H2,1-3H3. The zero-order valence-electron chi connectivity index (χ0n) is 12.0. The highest BCUT2D eigenvalue weighted by atomic mass is 16.5. The summed E-state index contributed by atoms with van der Waals surface area (Å²) in [5.74, 6) is 0.0363. The summed E-state index contributed by atoms with van der Waals surface area (Å²) < 4.78 is 10.7. The normalized spacial score (nSPS) is 24.2. The second-order valence-corrected chi connectivity index (χ2v) is 4.89. The van der Waals surface area contributed by atoms with Gasteiger partial charge in [0.25, 0.3) is 0 Å². The highest BCUT2D eigenvalue weighted by Crippen LogP contribution is 2.26. The van der Waals surface area contributed by atoms with Gasteiger partial charge in [0.2, 0.25) is 0 Å². The fourth-order valence-corrected chi connectivity index (χ4v) is 2.52. The Balaban J connectivity index is 2.14. The van der Waals surface area contributed by atoms with Gasteiger partial charge in [0.15, 0.2) is 0 Å². The fourth-order valence-electron chi connectivity index (χ4n) is 2.52. The molecular formula is C14H27NO3. The van der Waals surface area contributed by atoms with E-state index in [0.29, 0.717) is 6.10 Å². The minimum Gasteiger partial charge on any atom is -0.469 e. The van der Waals surface area contributed by atoms with Gasteiger partial charge in [-0.3, -0.25) is 4.79 Å². The molecule has 1 rings (SSSR count). The van der Waals surface area contributed by atoms with Gasteiger partial charge >= 0.3 is 5.97 Å². The fraction of sp³-hybridized carbons (Fsp3) is 0.929. The Morgan fingerprint density at radius 1 is 1.17 bits per heavy atom. The van der Waals surface area contributed by atoms with Crippen LogP contribution in [0.15, 0.2) is 0 Å². The monoisotopic (exact) mass is 257 g/mol. The van der Waals surface area contributed by atoms with E-state index in [1.165, 1.54) is 7.11 Å². The van der Waals surface area contributed by atoms with E-state index in [2.05, 4.69) is 18.7 Å². The molecule has 0 spiro atoms. The Kier molecular flexibility index (Phi) is 7.28. The lowest BCUT2D eigenvalue weighted by Crippen LogP contribution is -2.31. The van der Waals surface area contributed by atoms with Crippen molar-refractivity contribution in [3.8, 4) is 0 Å². The smallest absolute Gasteiger partial charge is 0.308 e. The minimum absolute atomic E-state index is 0.0587. The van der Waals surface area contributed by atoms with E-state index >= 15 is 0 Å². The molecule has 0 N–H and O–H groups in total. The van der Waals surface area contributed by atoms with Crippen molar-refractivity contribution in [3.05, 3.63) is 0 Å². The molecule has 0 radical (unpaired) electrons. The lowest BCUT2D eigenvalue weighted by Gasteiger charge is -2.28. The van der Waals surface area contributed by atoms with Crippen LogP contribution in [0, 0.1) is 5.92 Å². The molecule has 4 heteroatoms. The Bertz CT molecular complexity index is 233. The van der Waals surface area contributed by atoms with Gasteiger partial charge in [-0.25, -0.2) is 0 Å². The van der Waals surface area contributed by atoms with Gasteiger partial charge in [-0.2, -0.15) is 0 Å². The number of nitrogens with zero attached hydrogens (tertiary/aromatic N) is 1. The van der Waals surface area contributed by atoms with E-state index < -0.39 is 0 Å². The van der Waals surface area contributed by atoms with Crippen LogP contribution in [0.25, 0.3) is 0 Å². The zero-order chi connectivity index (χ0) is 13.4. The van der Waals surface area contributed by atoms with E-state index in [1.807, 2.05) is 0 Å². The van der Waals surface area contributed by atoms with E-state index in [-0.39, 0.29) is 11.9 Å². The molecule has 0 heterocycles. The van der Waals surface area contributed by atoms with E-state index in [9.17, 15) is 4.79 Å². The summed E-state index contributed by atoms with van der Waals surface area (Å²) in [7, 11) is 1.47. The summed E-state index contributed by atoms with van der Waals surface area (Å²) in [6.45, 7) is 8.30. The Hall–Kier alpha value is -0.610. The van der Waals surface area contributed by atoms with Crippen LogP contribution in [0.3, 0.4) is 0 Å². The van der Waals surface area contributed by atoms with Gasteiger partial charge in [-0.15, -0.1) is 0 Å². The summed E-state index contributed by atoms with van der Waals surface area (Å²) in [5.41, 5.74) is 0. The lowest BCUT2D eigenvalue weighted by molar-refractivity contribution is -0.147. The van der Waals surface area contributed by atoms with Crippen LogP contribution in [-0.4, -0.2) is 50.3 Å². The number of likely N-dealkylation sites (N-methyl/N-ethyl adjacent to an activating group) is 1. The molecule has 0 bridgehead atoms. The van der Waals surface area contributed by atoms with E-state index in [4.69, 9.17) is 9.47 Å². The molecule has 0 aromatic heterocycles. The molecule has 0 aliphatic heterocycles. The van der Waals surface area contributed by atoms with Crippen LogP contribution in [-0.2, 0) is 14.3 Å². The van der Waals surface area contributed by atoms with E-state index in [1.54, 1.807) is 0 Å². The Morgan fingerprint density at radius 2 is 1.78 bits per heavy atom. The van der Waals surface area contributed by atoms with Crippen LogP contribution in [0.4, 0.5) is 0 Å². The topological polar surface area (TPSA) is 38.8 Å². The van der Waals surface area contributed by atoms with Crippen molar-refractivity contribution in [2.24, 2.45) is 5.92 Å². The Labute approximate surface area is 111 Å². The first-order valence-corrected chi connectivity index (χ1v) is 7.13. The maximum Gasteiger partial charge on any atom is 0.308 e. The van der Waals surface area contributed by atoms with Crippen molar-refractivity contribution in [1.82, 2.24) is 4.90 Å². The van der Waals surface area contributed by atoms with Crippen molar-refractivity contribution >= 4 is 5.97 Å². The molecule has 106 valence electrons. The maximum absolute atomic E-state index is 11.4. The summed E-state index contributed by atoms with van der Waals surface area (Å²) >= 11 is 0. The number of rotatable bonds is 7. The van der Waals surface area contributed by atoms with Crippen molar-refractivity contribution in [2.45, 2.75) is 45.6 Å². The SMILES string of the molecule is CCN(CC)CCOC1CCC(C(=O)OC)CC1. The maximum atomic E-state index is 11.4. The Morgan fingerprint density at radius 3 is 2.28 bits per heavy atom. The predicted octanol–water partition coefficient (Wildman–Crippen LogP) is 2.08. The first-order chi connectivity index (χ1) is 8.71. The highest BCUT2D eigenvalue weighted by Gasteiger charge is 2.27. The van der Waals surface area contributed by atoms with Gasteiger partial charge in [-0.05, 0) is 38.8 Å². The van der Waals surface area contributed by atoms with Crippen LogP contribution in [0.2, 0.25) is 0 Å². The molecular weight excluding hydrogens is 230 g/mol. The molecule has 1 fully saturated rings. The molecule has 0 aromatic carbocycles. The molecule has 4 nitrogen and oxygen atoms in total. The second kappa shape index (κ2) is 8.48. The summed E-state index contributed by atoms with van der Waals surface area (Å²) in [6, 6.07) is 0. The number of hydrogen-bond donors (Lipinski definition) is 0. The number of carbonyl (C=O) groups excluding carboxylic acids is 1. The molecule has 0 saturated heterocycles. The largest absolute Gasteiger partial charge is 0.469 e. The zero-order valence-corrected chi connectivity index (χ0v) is 12.0. The molecule has 1 aliphatic rings. The van der Waals surface area contributed by atoms with Crippen molar-refractivity contribution in [3.63, 3.8) is 0 Å². The van der Waals surface area contributed by atoms with Crippen molar-refractivity contribution in [2.75, 3.05) is 33.4 Å². The quantitative estimate of drug-likeness (QED) is 0.655. The summed E-state index contributed by atoms with van der Waals surface area (Å²) in [5, 5.41) is 0. The highest BCUT2D eigenvalue weighted by molar-refractivity contribution is 5.72.